The number of benzene rings is 1. The summed E-state index contributed by atoms with van der Waals surface area (Å²) in [5.41, 5.74) is 4.76. The first-order valence-corrected chi connectivity index (χ1v) is 7.36. The first kappa shape index (κ1) is 16.2. The third-order valence-electron chi connectivity index (χ3n) is 4.10. The molecule has 0 aliphatic rings. The van der Waals surface area contributed by atoms with Crippen LogP contribution in [0.15, 0.2) is 12.1 Å². The number of aryl methyl sites for hydroxylation is 3. The van der Waals surface area contributed by atoms with Crippen LogP contribution in [-0.4, -0.2) is 29.6 Å². The van der Waals surface area contributed by atoms with Gasteiger partial charge in [-0.2, -0.15) is 0 Å². The molecule has 0 spiro atoms. The van der Waals surface area contributed by atoms with Crippen molar-refractivity contribution in [2.45, 2.75) is 59.6 Å². The molecule has 108 valence electrons. The molecule has 0 heterocycles. The van der Waals surface area contributed by atoms with E-state index in [0.29, 0.717) is 12.6 Å². The molecule has 0 aliphatic carbocycles. The van der Waals surface area contributed by atoms with Crippen LogP contribution < -0.4 is 0 Å². The van der Waals surface area contributed by atoms with E-state index in [1.165, 1.54) is 16.7 Å². The largest absolute Gasteiger partial charge is 0.387 e. The van der Waals surface area contributed by atoms with E-state index in [1.807, 2.05) is 0 Å². The van der Waals surface area contributed by atoms with Gasteiger partial charge in [-0.15, -0.1) is 0 Å². The minimum absolute atomic E-state index is 0.397. The van der Waals surface area contributed by atoms with Crippen molar-refractivity contribution in [1.29, 1.82) is 0 Å². The van der Waals surface area contributed by atoms with Gasteiger partial charge in [-0.3, -0.25) is 0 Å². The van der Waals surface area contributed by atoms with Crippen LogP contribution in [0, 0.1) is 20.8 Å². The Morgan fingerprint density at radius 1 is 1.05 bits per heavy atom. The summed E-state index contributed by atoms with van der Waals surface area (Å²) >= 11 is 0. The number of hydrogen-bond acceptors (Lipinski definition) is 2. The standard InChI is InChI=1S/C17H29NO/c1-7-15(8-2)18(6)11-16(19)17-13(4)9-12(3)10-14(17)5/h9-10,15-16,19H,7-8,11H2,1-6H3. The van der Waals surface area contributed by atoms with E-state index in [4.69, 9.17) is 0 Å². The maximum absolute atomic E-state index is 10.5. The van der Waals surface area contributed by atoms with Crippen LogP contribution in [0.1, 0.15) is 55.0 Å². The number of nitrogens with zero attached hydrogens (tertiary/aromatic N) is 1. The monoisotopic (exact) mass is 263 g/mol. The van der Waals surface area contributed by atoms with Gasteiger partial charge in [-0.1, -0.05) is 31.5 Å². The Hall–Kier alpha value is -0.860. The normalized spacial score (nSPS) is 13.3. The summed E-state index contributed by atoms with van der Waals surface area (Å²) in [6.45, 7) is 11.4. The molecule has 0 saturated heterocycles. The van der Waals surface area contributed by atoms with Crippen LogP contribution in [-0.2, 0) is 0 Å². The lowest BCUT2D eigenvalue weighted by Crippen LogP contribution is -2.34. The van der Waals surface area contributed by atoms with Gasteiger partial charge in [0.05, 0.1) is 6.10 Å². The lowest BCUT2D eigenvalue weighted by Gasteiger charge is -2.29. The van der Waals surface area contributed by atoms with Crippen molar-refractivity contribution >= 4 is 0 Å². The van der Waals surface area contributed by atoms with Gasteiger partial charge in [0.15, 0.2) is 0 Å². The second-order valence-corrected chi connectivity index (χ2v) is 5.74. The van der Waals surface area contributed by atoms with Gasteiger partial charge in [0.2, 0.25) is 0 Å². The molecule has 1 unspecified atom stereocenters. The van der Waals surface area contributed by atoms with Crippen molar-refractivity contribution < 1.29 is 5.11 Å². The molecule has 2 nitrogen and oxygen atoms in total. The highest BCUT2D eigenvalue weighted by molar-refractivity contribution is 5.39. The smallest absolute Gasteiger partial charge is 0.0922 e. The van der Waals surface area contributed by atoms with Crippen molar-refractivity contribution in [2.75, 3.05) is 13.6 Å². The summed E-state index contributed by atoms with van der Waals surface area (Å²) in [7, 11) is 2.11. The maximum atomic E-state index is 10.5. The highest BCUT2D eigenvalue weighted by Crippen LogP contribution is 2.25. The van der Waals surface area contributed by atoms with E-state index in [1.54, 1.807) is 0 Å². The third kappa shape index (κ3) is 4.05. The van der Waals surface area contributed by atoms with Gasteiger partial charge in [0, 0.05) is 12.6 Å². The van der Waals surface area contributed by atoms with Gasteiger partial charge < -0.3 is 10.0 Å². The fourth-order valence-corrected chi connectivity index (χ4v) is 3.14. The Morgan fingerprint density at radius 3 is 1.95 bits per heavy atom. The van der Waals surface area contributed by atoms with Gasteiger partial charge >= 0.3 is 0 Å². The molecule has 1 atom stereocenters. The van der Waals surface area contributed by atoms with E-state index in [0.717, 1.165) is 18.4 Å². The number of aliphatic hydroxyl groups is 1. The highest BCUT2D eigenvalue weighted by Gasteiger charge is 2.19. The van der Waals surface area contributed by atoms with E-state index in [-0.39, 0.29) is 0 Å². The summed E-state index contributed by atoms with van der Waals surface area (Å²) in [5, 5.41) is 10.5. The summed E-state index contributed by atoms with van der Waals surface area (Å²) in [5.74, 6) is 0. The average molecular weight is 263 g/mol. The van der Waals surface area contributed by atoms with Crippen molar-refractivity contribution in [3.05, 3.63) is 34.4 Å². The second kappa shape index (κ2) is 7.06. The lowest BCUT2D eigenvalue weighted by atomic mass is 9.95. The number of aliphatic hydroxyl groups excluding tert-OH is 1. The first-order valence-electron chi connectivity index (χ1n) is 7.36. The average Bonchev–Trinajstić information content (AvgIpc) is 2.28. The Labute approximate surface area is 118 Å². The Bertz CT molecular complexity index is 387. The maximum Gasteiger partial charge on any atom is 0.0922 e. The molecule has 0 saturated carbocycles. The van der Waals surface area contributed by atoms with Crippen LogP contribution in [0.3, 0.4) is 0 Å². The van der Waals surface area contributed by atoms with Crippen LogP contribution in [0.25, 0.3) is 0 Å². The Morgan fingerprint density at radius 2 is 1.53 bits per heavy atom. The van der Waals surface area contributed by atoms with Gasteiger partial charge in [-0.25, -0.2) is 0 Å². The predicted octanol–water partition coefficient (Wildman–Crippen LogP) is 3.77. The SMILES string of the molecule is CCC(CC)N(C)CC(O)c1c(C)cc(C)cc1C. The van der Waals surface area contributed by atoms with Gasteiger partial charge in [-0.05, 0) is 57.4 Å². The molecular weight excluding hydrogens is 234 g/mol. The Kier molecular flexibility index (Phi) is 6.02. The molecule has 0 radical (unpaired) electrons. The summed E-state index contributed by atoms with van der Waals surface area (Å²) < 4.78 is 0. The van der Waals surface area contributed by atoms with Crippen molar-refractivity contribution in [2.24, 2.45) is 0 Å². The summed E-state index contributed by atoms with van der Waals surface area (Å²) in [4.78, 5) is 2.28. The quantitative estimate of drug-likeness (QED) is 0.844. The molecule has 0 aliphatic heterocycles. The zero-order valence-electron chi connectivity index (χ0n) is 13.3. The molecule has 2 heteroatoms. The lowest BCUT2D eigenvalue weighted by molar-refractivity contribution is 0.100. The molecule has 0 aromatic heterocycles. The van der Waals surface area contributed by atoms with E-state index in [2.05, 4.69) is 58.7 Å². The molecule has 1 rings (SSSR count). The summed E-state index contributed by atoms with van der Waals surface area (Å²) in [6, 6.07) is 4.87. The minimum atomic E-state index is -0.397. The molecule has 0 amide bonds. The van der Waals surface area contributed by atoms with Crippen LogP contribution in [0.4, 0.5) is 0 Å². The Balaban J connectivity index is 2.87. The zero-order valence-corrected chi connectivity index (χ0v) is 13.3. The fraction of sp³-hybridized carbons (Fsp3) is 0.647. The third-order valence-corrected chi connectivity index (χ3v) is 4.10. The van der Waals surface area contributed by atoms with Crippen molar-refractivity contribution in [3.63, 3.8) is 0 Å². The second-order valence-electron chi connectivity index (χ2n) is 5.74. The molecule has 0 bridgehead atoms. The molecular formula is C17H29NO. The number of likely N-dealkylation sites (N-methyl/N-ethyl adjacent to an activating group) is 1. The highest BCUT2D eigenvalue weighted by atomic mass is 16.3. The molecule has 19 heavy (non-hydrogen) atoms. The minimum Gasteiger partial charge on any atom is -0.387 e. The zero-order chi connectivity index (χ0) is 14.6. The molecule has 1 aromatic carbocycles. The van der Waals surface area contributed by atoms with E-state index >= 15 is 0 Å². The molecule has 1 N–H and O–H groups in total. The summed E-state index contributed by atoms with van der Waals surface area (Å²) in [6.07, 6.45) is 1.86. The van der Waals surface area contributed by atoms with Crippen molar-refractivity contribution in [1.82, 2.24) is 4.90 Å². The van der Waals surface area contributed by atoms with Crippen LogP contribution in [0.5, 0.6) is 0 Å². The first-order chi connectivity index (χ1) is 8.90. The fourth-order valence-electron chi connectivity index (χ4n) is 3.14. The molecule has 0 fully saturated rings. The van der Waals surface area contributed by atoms with Crippen LogP contribution >= 0.6 is 0 Å². The number of hydrogen-bond donors (Lipinski definition) is 1. The van der Waals surface area contributed by atoms with Crippen LogP contribution in [0.2, 0.25) is 0 Å². The topological polar surface area (TPSA) is 23.5 Å². The van der Waals surface area contributed by atoms with Crippen molar-refractivity contribution in [3.8, 4) is 0 Å². The van der Waals surface area contributed by atoms with Gasteiger partial charge in [0.25, 0.3) is 0 Å². The van der Waals surface area contributed by atoms with Gasteiger partial charge in [0.1, 0.15) is 0 Å². The molecule has 1 aromatic rings. The van der Waals surface area contributed by atoms with E-state index < -0.39 is 6.10 Å². The number of rotatable bonds is 6. The van der Waals surface area contributed by atoms with E-state index in [9.17, 15) is 5.11 Å². The predicted molar refractivity (Wildman–Crippen MR) is 82.6 cm³/mol.